The molecule has 158 valence electrons. The number of hydrogen-bond acceptors (Lipinski definition) is 5. The summed E-state index contributed by atoms with van der Waals surface area (Å²) < 4.78 is 36.9. The van der Waals surface area contributed by atoms with E-state index in [4.69, 9.17) is 9.47 Å². The molecule has 0 fully saturated rings. The van der Waals surface area contributed by atoms with Crippen LogP contribution in [0.3, 0.4) is 0 Å². The van der Waals surface area contributed by atoms with E-state index in [1.54, 1.807) is 26.3 Å². The molecule has 0 radical (unpaired) electrons. The number of nitrogens with zero attached hydrogens (tertiary/aromatic N) is 1. The van der Waals surface area contributed by atoms with E-state index in [9.17, 15) is 13.2 Å². The van der Waals surface area contributed by atoms with Crippen LogP contribution in [0.1, 0.15) is 26.7 Å². The van der Waals surface area contributed by atoms with Gasteiger partial charge in [-0.15, -0.1) is 0 Å². The Bertz CT molecular complexity index is 894. The summed E-state index contributed by atoms with van der Waals surface area (Å²) >= 11 is 0. The number of amides is 1. The molecule has 0 unspecified atom stereocenters. The van der Waals surface area contributed by atoms with E-state index >= 15 is 0 Å². The Hall–Kier alpha value is -2.58. The monoisotopic (exact) mass is 420 g/mol. The van der Waals surface area contributed by atoms with Crippen molar-refractivity contribution in [1.82, 2.24) is 4.31 Å². The molecule has 0 aliphatic heterocycles. The number of carbonyl (C=O) groups excluding carboxylic acids is 1. The maximum atomic E-state index is 12.5. The molecule has 0 heterocycles. The van der Waals surface area contributed by atoms with Gasteiger partial charge in [0.25, 0.3) is 0 Å². The second-order valence-corrected chi connectivity index (χ2v) is 8.81. The molecule has 2 rings (SSSR count). The second-order valence-electron chi connectivity index (χ2n) is 6.82. The first-order valence-corrected chi connectivity index (χ1v) is 10.8. The Balaban J connectivity index is 1.80. The fraction of sp³-hybridized carbons (Fsp3) is 0.381. The normalized spacial score (nSPS) is 11.5. The van der Waals surface area contributed by atoms with Crippen LogP contribution in [0.15, 0.2) is 53.4 Å². The number of carbonyl (C=O) groups is 1. The molecule has 0 bridgehead atoms. The number of methoxy groups -OCH3 is 1. The number of ether oxygens (including phenoxy) is 2. The van der Waals surface area contributed by atoms with E-state index in [0.29, 0.717) is 25.1 Å². The van der Waals surface area contributed by atoms with Crippen molar-refractivity contribution in [3.8, 4) is 11.5 Å². The van der Waals surface area contributed by atoms with Crippen LogP contribution in [-0.4, -0.2) is 45.4 Å². The molecule has 0 aliphatic carbocycles. The van der Waals surface area contributed by atoms with Crippen LogP contribution < -0.4 is 14.8 Å². The molecule has 8 heteroatoms. The molecule has 0 atom stereocenters. The summed E-state index contributed by atoms with van der Waals surface area (Å²) in [5.74, 6) is 1.32. The first-order chi connectivity index (χ1) is 13.7. The van der Waals surface area contributed by atoms with Crippen molar-refractivity contribution in [2.45, 2.75) is 37.6 Å². The third kappa shape index (κ3) is 6.47. The molecule has 1 amide bonds. The van der Waals surface area contributed by atoms with Gasteiger partial charge in [0.15, 0.2) is 0 Å². The highest BCUT2D eigenvalue weighted by Crippen LogP contribution is 2.20. The Kier molecular flexibility index (Phi) is 8.04. The van der Waals surface area contributed by atoms with Gasteiger partial charge < -0.3 is 14.8 Å². The quantitative estimate of drug-likeness (QED) is 0.595. The second kappa shape index (κ2) is 10.3. The fourth-order valence-corrected chi connectivity index (χ4v) is 3.84. The molecule has 2 aromatic carbocycles. The van der Waals surface area contributed by atoms with Gasteiger partial charge in [-0.2, -0.15) is 4.31 Å². The van der Waals surface area contributed by atoms with Crippen LogP contribution in [0.25, 0.3) is 0 Å². The van der Waals surface area contributed by atoms with E-state index in [1.807, 2.05) is 38.1 Å². The van der Waals surface area contributed by atoms with Crippen LogP contribution >= 0.6 is 0 Å². The van der Waals surface area contributed by atoms with Crippen LogP contribution in [0.5, 0.6) is 11.5 Å². The minimum Gasteiger partial charge on any atom is -0.497 e. The first kappa shape index (κ1) is 22.7. The van der Waals surface area contributed by atoms with Crippen molar-refractivity contribution >= 4 is 21.6 Å². The van der Waals surface area contributed by atoms with E-state index in [2.05, 4.69) is 5.32 Å². The third-order valence-corrected chi connectivity index (χ3v) is 6.47. The predicted molar refractivity (Wildman–Crippen MR) is 113 cm³/mol. The van der Waals surface area contributed by atoms with Crippen molar-refractivity contribution in [1.29, 1.82) is 0 Å². The van der Waals surface area contributed by atoms with Gasteiger partial charge >= 0.3 is 0 Å². The maximum absolute atomic E-state index is 12.5. The number of hydrogen-bond donors (Lipinski definition) is 1. The lowest BCUT2D eigenvalue weighted by atomic mass is 10.2. The lowest BCUT2D eigenvalue weighted by Gasteiger charge is -2.21. The highest BCUT2D eigenvalue weighted by Gasteiger charge is 2.22. The zero-order chi connectivity index (χ0) is 21.4. The smallest absolute Gasteiger partial charge is 0.243 e. The van der Waals surface area contributed by atoms with Gasteiger partial charge in [0.2, 0.25) is 15.9 Å². The average molecular weight is 421 g/mol. The van der Waals surface area contributed by atoms with Crippen molar-refractivity contribution in [3.05, 3.63) is 48.5 Å². The molecular weight excluding hydrogens is 392 g/mol. The molecule has 7 nitrogen and oxygen atoms in total. The first-order valence-electron chi connectivity index (χ1n) is 9.39. The highest BCUT2D eigenvalue weighted by atomic mass is 32.2. The molecule has 2 aromatic rings. The minimum absolute atomic E-state index is 0.139. The Morgan fingerprint density at radius 2 is 1.62 bits per heavy atom. The van der Waals surface area contributed by atoms with E-state index in [1.165, 1.54) is 16.4 Å². The third-order valence-electron chi connectivity index (χ3n) is 4.42. The molecule has 29 heavy (non-hydrogen) atoms. The largest absolute Gasteiger partial charge is 0.497 e. The van der Waals surface area contributed by atoms with Crippen molar-refractivity contribution in [3.63, 3.8) is 0 Å². The summed E-state index contributed by atoms with van der Waals surface area (Å²) in [6, 6.07) is 13.3. The van der Waals surface area contributed by atoms with Crippen molar-refractivity contribution in [2.24, 2.45) is 0 Å². The standard InChI is InChI=1S/C21H28N2O5S/c1-16(2)23(3)29(25,26)20-13-7-17(8-14-20)22-21(24)6-5-15-28-19-11-9-18(27-4)10-12-19/h7-14,16H,5-6,15H2,1-4H3,(H,22,24). The fourth-order valence-electron chi connectivity index (χ4n) is 2.47. The molecule has 0 spiro atoms. The van der Waals surface area contributed by atoms with Crippen LogP contribution in [0.2, 0.25) is 0 Å². The summed E-state index contributed by atoms with van der Waals surface area (Å²) in [6.45, 7) is 4.04. The SMILES string of the molecule is COc1ccc(OCCCC(=O)Nc2ccc(S(=O)(=O)N(C)C(C)C)cc2)cc1. The molecule has 0 saturated heterocycles. The molecule has 0 aliphatic rings. The number of nitrogens with one attached hydrogen (secondary N) is 1. The lowest BCUT2D eigenvalue weighted by Crippen LogP contribution is -2.33. The summed E-state index contributed by atoms with van der Waals surface area (Å²) in [5, 5.41) is 2.77. The number of rotatable bonds is 10. The minimum atomic E-state index is -3.54. The Morgan fingerprint density at radius 1 is 1.03 bits per heavy atom. The molecule has 1 N–H and O–H groups in total. The number of sulfonamides is 1. The van der Waals surface area contributed by atoms with Crippen molar-refractivity contribution in [2.75, 3.05) is 26.1 Å². The van der Waals surface area contributed by atoms with Crippen LogP contribution in [0, 0.1) is 0 Å². The number of anilines is 1. The average Bonchev–Trinajstić information content (AvgIpc) is 2.71. The van der Waals surface area contributed by atoms with Crippen molar-refractivity contribution < 1.29 is 22.7 Å². The topological polar surface area (TPSA) is 84.9 Å². The number of benzene rings is 2. The molecule has 0 saturated carbocycles. The van der Waals surface area contributed by atoms with Crippen LogP contribution in [-0.2, 0) is 14.8 Å². The van der Waals surface area contributed by atoms with E-state index in [-0.39, 0.29) is 16.8 Å². The van der Waals surface area contributed by atoms with Gasteiger partial charge in [-0.25, -0.2) is 8.42 Å². The molecular formula is C21H28N2O5S. The van der Waals surface area contributed by atoms with E-state index < -0.39 is 10.0 Å². The summed E-state index contributed by atoms with van der Waals surface area (Å²) in [5.41, 5.74) is 0.553. The highest BCUT2D eigenvalue weighted by molar-refractivity contribution is 7.89. The lowest BCUT2D eigenvalue weighted by molar-refractivity contribution is -0.116. The van der Waals surface area contributed by atoms with Gasteiger partial charge in [-0.1, -0.05) is 0 Å². The van der Waals surface area contributed by atoms with Gasteiger partial charge in [0.1, 0.15) is 11.5 Å². The predicted octanol–water partition coefficient (Wildman–Crippen LogP) is 3.52. The summed E-state index contributed by atoms with van der Waals surface area (Å²) in [6.07, 6.45) is 0.857. The molecule has 0 aromatic heterocycles. The Morgan fingerprint density at radius 3 is 2.17 bits per heavy atom. The maximum Gasteiger partial charge on any atom is 0.243 e. The summed E-state index contributed by atoms with van der Waals surface area (Å²) in [7, 11) is -0.388. The van der Waals surface area contributed by atoms with Gasteiger partial charge in [-0.3, -0.25) is 4.79 Å². The zero-order valence-electron chi connectivity index (χ0n) is 17.2. The summed E-state index contributed by atoms with van der Waals surface area (Å²) in [4.78, 5) is 12.3. The zero-order valence-corrected chi connectivity index (χ0v) is 18.0. The van der Waals surface area contributed by atoms with Gasteiger partial charge in [0.05, 0.1) is 18.6 Å². The Labute approximate surface area is 172 Å². The van der Waals surface area contributed by atoms with Gasteiger partial charge in [-0.05, 0) is 68.8 Å². The van der Waals surface area contributed by atoms with Crippen LogP contribution in [0.4, 0.5) is 5.69 Å². The van der Waals surface area contributed by atoms with Gasteiger partial charge in [0, 0.05) is 25.2 Å². The van der Waals surface area contributed by atoms with E-state index in [0.717, 1.165) is 11.5 Å².